The Bertz CT molecular complexity index is 2880. The Morgan fingerprint density at radius 2 is 0.889 bits per heavy atom. The summed E-state index contributed by atoms with van der Waals surface area (Å²) < 4.78 is 0. The predicted molar refractivity (Wildman–Crippen MR) is 246 cm³/mol. The smallest absolute Gasteiger partial charge is 0.265 e. The van der Waals surface area contributed by atoms with Crippen molar-refractivity contribution in [2.75, 3.05) is 52.3 Å². The van der Waals surface area contributed by atoms with Crippen molar-refractivity contribution >= 4 is 79.7 Å². The zero-order valence-corrected chi connectivity index (χ0v) is 35.7. The van der Waals surface area contributed by atoms with Gasteiger partial charge in [-0.15, -0.1) is 0 Å². The van der Waals surface area contributed by atoms with Crippen LogP contribution < -0.4 is 19.6 Å². The second kappa shape index (κ2) is 15.6. The molecule has 1 fully saturated rings. The van der Waals surface area contributed by atoms with Gasteiger partial charge >= 0.3 is 0 Å². The highest BCUT2D eigenvalue weighted by Crippen LogP contribution is 2.43. The van der Waals surface area contributed by atoms with E-state index in [2.05, 4.69) is 28.9 Å². The molecule has 0 saturated carbocycles. The number of hydrogen-bond acceptors (Lipinski definition) is 8. The zero-order valence-electron chi connectivity index (χ0n) is 35.7. The molecule has 1 saturated heterocycles. The van der Waals surface area contributed by atoms with Gasteiger partial charge in [0, 0.05) is 99.0 Å². The summed E-state index contributed by atoms with van der Waals surface area (Å²) in [6.45, 7) is 9.20. The summed E-state index contributed by atoms with van der Waals surface area (Å²) >= 11 is 0. The van der Waals surface area contributed by atoms with Crippen LogP contribution in [-0.2, 0) is 0 Å². The van der Waals surface area contributed by atoms with Gasteiger partial charge in [0.15, 0.2) is 0 Å². The van der Waals surface area contributed by atoms with Crippen LogP contribution in [-0.4, -0.2) is 73.1 Å². The molecule has 4 heterocycles. The van der Waals surface area contributed by atoms with Gasteiger partial charge in [-0.1, -0.05) is 69.4 Å². The average Bonchev–Trinajstić information content (AvgIpc) is 3.30. The topological polar surface area (TPSA) is 119 Å². The fourth-order valence-electron chi connectivity index (χ4n) is 10.1. The van der Waals surface area contributed by atoms with Crippen LogP contribution in [0.2, 0.25) is 0 Å². The van der Waals surface area contributed by atoms with Crippen molar-refractivity contribution in [3.8, 4) is 0 Å². The highest BCUT2D eigenvalue weighted by atomic mass is 16.2. The Morgan fingerprint density at radius 1 is 0.429 bits per heavy atom. The lowest BCUT2D eigenvalue weighted by Gasteiger charge is -2.38. The van der Waals surface area contributed by atoms with E-state index in [0.29, 0.717) is 73.9 Å². The Hall–Kier alpha value is -7.14. The Labute approximate surface area is 365 Å². The Kier molecular flexibility index (Phi) is 9.92. The second-order valence-electron chi connectivity index (χ2n) is 17.1. The van der Waals surface area contributed by atoms with E-state index >= 15 is 0 Å². The highest BCUT2D eigenvalue weighted by molar-refractivity contribution is 6.40. The number of benzene rings is 6. The molecule has 0 bridgehead atoms. The van der Waals surface area contributed by atoms with Crippen molar-refractivity contribution < 1.29 is 28.8 Å². The van der Waals surface area contributed by atoms with Gasteiger partial charge in [0.2, 0.25) is 0 Å². The van der Waals surface area contributed by atoms with Crippen LogP contribution in [0.15, 0.2) is 97.1 Å². The molecule has 10 rings (SSSR count). The lowest BCUT2D eigenvalue weighted by molar-refractivity contribution is 0.0605. The molecule has 0 aromatic heterocycles. The summed E-state index contributed by atoms with van der Waals surface area (Å²) in [4.78, 5) is 93.6. The number of piperazine rings is 1. The molecular formula is C52H47N5O6. The van der Waals surface area contributed by atoms with E-state index in [1.165, 1.54) is 15.5 Å². The molecule has 0 N–H and O–H groups in total. The molecule has 0 atom stereocenters. The number of hydrogen-bond donors (Lipinski definition) is 0. The van der Waals surface area contributed by atoms with Gasteiger partial charge in [-0.05, 0) is 98.1 Å². The number of amides is 6. The Balaban J connectivity index is 0.929. The summed E-state index contributed by atoms with van der Waals surface area (Å²) in [5.41, 5.74) is 5.70. The van der Waals surface area contributed by atoms with E-state index in [0.717, 1.165) is 74.3 Å². The molecule has 11 nitrogen and oxygen atoms in total. The molecule has 6 aromatic rings. The minimum Gasteiger partial charge on any atom is -0.368 e. The van der Waals surface area contributed by atoms with Crippen molar-refractivity contribution in [2.24, 2.45) is 0 Å². The third kappa shape index (κ3) is 6.31. The first-order valence-electron chi connectivity index (χ1n) is 22.0. The summed E-state index contributed by atoms with van der Waals surface area (Å²) in [6.07, 6.45) is 6.08. The van der Waals surface area contributed by atoms with Crippen LogP contribution in [0.25, 0.3) is 21.5 Å². The van der Waals surface area contributed by atoms with Gasteiger partial charge in [0.25, 0.3) is 35.4 Å². The molecule has 6 aromatic carbocycles. The maximum Gasteiger partial charge on any atom is 0.265 e. The van der Waals surface area contributed by atoms with E-state index in [9.17, 15) is 28.8 Å². The molecule has 0 aliphatic carbocycles. The number of nitrogens with zero attached hydrogens (tertiary/aromatic N) is 5. The van der Waals surface area contributed by atoms with Crippen LogP contribution in [0.1, 0.15) is 119 Å². The van der Waals surface area contributed by atoms with Crippen molar-refractivity contribution in [2.45, 2.75) is 59.3 Å². The molecule has 11 heteroatoms. The number of rotatable bonds is 11. The lowest BCUT2D eigenvalue weighted by Crippen LogP contribution is -2.46. The van der Waals surface area contributed by atoms with Crippen molar-refractivity contribution in [3.05, 3.63) is 142 Å². The average molecular weight is 838 g/mol. The van der Waals surface area contributed by atoms with Crippen molar-refractivity contribution in [3.63, 3.8) is 0 Å². The number of carbonyl (C=O) groups is 6. The van der Waals surface area contributed by atoms with Gasteiger partial charge in [-0.25, -0.2) is 9.80 Å². The van der Waals surface area contributed by atoms with Crippen LogP contribution in [0.5, 0.6) is 0 Å². The van der Waals surface area contributed by atoms with Crippen LogP contribution in [0, 0.1) is 13.8 Å². The second-order valence-corrected chi connectivity index (χ2v) is 17.1. The standard InChI is InChI=1S/C52H47N5O6/c1-4-5-6-7-8-12-24-55-47(58)37-18-20-39-46-40(21-19-38(45(37)46)48(55)59)52(63)57(51(39)62)43-30-31(2)42(29-32(43)3)56-49(60)35-17-13-16-34-41(23-22-36(44(34)35)50(56)61)54-27-25-53(26-28-54)33-14-10-9-11-15-33/h9-11,13-23,29-30H,4-8,12,24-28H2,1-3H3. The van der Waals surface area contributed by atoms with Crippen molar-refractivity contribution in [1.82, 2.24) is 4.90 Å². The third-order valence-electron chi connectivity index (χ3n) is 13.3. The molecule has 4 aliphatic rings. The van der Waals surface area contributed by atoms with Gasteiger partial charge in [-0.2, -0.15) is 0 Å². The van der Waals surface area contributed by atoms with E-state index < -0.39 is 35.4 Å². The largest absolute Gasteiger partial charge is 0.368 e. The number of carbonyl (C=O) groups excluding carboxylic acids is 6. The molecule has 6 amide bonds. The normalized spacial score (nSPS) is 16.1. The first kappa shape index (κ1) is 40.0. The number of imide groups is 3. The number of unbranched alkanes of at least 4 members (excludes halogenated alkanes) is 5. The fourth-order valence-corrected chi connectivity index (χ4v) is 10.1. The molecular weight excluding hydrogens is 791 g/mol. The van der Waals surface area contributed by atoms with Gasteiger partial charge in [0.1, 0.15) is 0 Å². The van der Waals surface area contributed by atoms with E-state index in [1.54, 1.807) is 56.3 Å². The predicted octanol–water partition coefficient (Wildman–Crippen LogP) is 9.49. The highest BCUT2D eigenvalue weighted by Gasteiger charge is 2.42. The van der Waals surface area contributed by atoms with Gasteiger partial charge in [-0.3, -0.25) is 33.7 Å². The minimum absolute atomic E-state index is 0.208. The third-order valence-corrected chi connectivity index (χ3v) is 13.3. The molecule has 4 aliphatic heterocycles. The van der Waals surface area contributed by atoms with Crippen LogP contribution in [0.4, 0.5) is 22.7 Å². The SMILES string of the molecule is CCCCCCCCN1C(=O)c2ccc3c4c(ccc(c24)C1=O)C(=O)N(c1cc(C)c(N2C(=O)c4cccc5c(N6CCN(c7ccccc7)CC6)ccc(c45)C2=O)cc1C)C3=O. The van der Waals surface area contributed by atoms with E-state index in [-0.39, 0.29) is 11.1 Å². The van der Waals surface area contributed by atoms with E-state index in [4.69, 9.17) is 0 Å². The summed E-state index contributed by atoms with van der Waals surface area (Å²) in [6, 6.07) is 29.4. The maximum atomic E-state index is 14.5. The molecule has 0 unspecified atom stereocenters. The van der Waals surface area contributed by atoms with Crippen LogP contribution in [0.3, 0.4) is 0 Å². The molecule has 63 heavy (non-hydrogen) atoms. The maximum absolute atomic E-state index is 14.5. The lowest BCUT2D eigenvalue weighted by atomic mass is 9.85. The van der Waals surface area contributed by atoms with Gasteiger partial charge in [0.05, 0.1) is 11.4 Å². The molecule has 0 radical (unpaired) electrons. The monoisotopic (exact) mass is 837 g/mol. The zero-order chi connectivity index (χ0) is 43.7. The van der Waals surface area contributed by atoms with Crippen LogP contribution >= 0.6 is 0 Å². The van der Waals surface area contributed by atoms with E-state index in [1.807, 2.05) is 42.5 Å². The van der Waals surface area contributed by atoms with Crippen molar-refractivity contribution in [1.29, 1.82) is 0 Å². The summed E-state index contributed by atoms with van der Waals surface area (Å²) in [5.74, 6) is -2.94. The Morgan fingerprint density at radius 3 is 1.44 bits per heavy atom. The van der Waals surface area contributed by atoms with Gasteiger partial charge < -0.3 is 9.80 Å². The fraction of sp³-hybridized carbons (Fsp3) is 0.269. The first-order chi connectivity index (χ1) is 30.6. The molecule has 0 spiro atoms. The minimum atomic E-state index is -0.594. The molecule has 316 valence electrons. The summed E-state index contributed by atoms with van der Waals surface area (Å²) in [7, 11) is 0. The first-order valence-corrected chi connectivity index (χ1v) is 22.0. The quantitative estimate of drug-likeness (QED) is 0.0936. The summed E-state index contributed by atoms with van der Waals surface area (Å²) in [5, 5.41) is 2.12. The number of para-hydroxylation sites is 1. The number of anilines is 4. The number of aryl methyl sites for hydroxylation is 2.